The molecular weight excluding hydrogens is 484 g/mol. The van der Waals surface area contributed by atoms with Gasteiger partial charge >= 0.3 is 5.97 Å². The number of cyclic esters (lactones) is 1. The van der Waals surface area contributed by atoms with Crippen LogP contribution in [0.1, 0.15) is 33.1 Å². The van der Waals surface area contributed by atoms with E-state index in [0.717, 1.165) is 0 Å². The second-order valence-corrected chi connectivity index (χ2v) is 10.2. The van der Waals surface area contributed by atoms with Gasteiger partial charge in [-0.05, 0) is 43.5 Å². The molecule has 0 radical (unpaired) electrons. The van der Waals surface area contributed by atoms with Gasteiger partial charge in [0, 0.05) is 17.3 Å². The van der Waals surface area contributed by atoms with Crippen LogP contribution in [0.3, 0.4) is 0 Å². The third-order valence-electron chi connectivity index (χ3n) is 8.05. The summed E-state index contributed by atoms with van der Waals surface area (Å²) in [6, 6.07) is 5.26. The fraction of sp³-hybridized carbons (Fsp3) is 0.519. The molecule has 8 nitrogen and oxygen atoms in total. The van der Waals surface area contributed by atoms with Gasteiger partial charge in [-0.3, -0.25) is 14.4 Å². The molecule has 4 aliphatic rings. The van der Waals surface area contributed by atoms with Gasteiger partial charge in [0.05, 0.1) is 25.2 Å². The molecule has 4 heterocycles. The molecule has 6 atom stereocenters. The van der Waals surface area contributed by atoms with Crippen LogP contribution in [-0.4, -0.2) is 70.8 Å². The van der Waals surface area contributed by atoms with E-state index in [-0.39, 0.29) is 31.6 Å². The van der Waals surface area contributed by atoms with Crippen LogP contribution < -0.4 is 4.90 Å². The van der Waals surface area contributed by atoms with E-state index in [4.69, 9.17) is 21.1 Å². The van der Waals surface area contributed by atoms with Crippen LogP contribution in [0.15, 0.2) is 48.6 Å². The largest absolute Gasteiger partial charge is 0.465 e. The van der Waals surface area contributed by atoms with Crippen LogP contribution >= 0.6 is 11.6 Å². The number of halogens is 1. The van der Waals surface area contributed by atoms with Gasteiger partial charge < -0.3 is 24.4 Å². The van der Waals surface area contributed by atoms with Gasteiger partial charge in [0.1, 0.15) is 23.2 Å². The number of aliphatic hydroxyl groups excluding tert-OH is 1. The average Bonchev–Trinajstić information content (AvgIpc) is 3.22. The smallest absolute Gasteiger partial charge is 0.313 e. The Morgan fingerprint density at radius 2 is 1.83 bits per heavy atom. The molecule has 1 aromatic rings. The first-order valence-corrected chi connectivity index (χ1v) is 12.9. The molecule has 0 bridgehead atoms. The van der Waals surface area contributed by atoms with E-state index >= 15 is 0 Å². The maximum atomic E-state index is 14.3. The number of aliphatic hydroxyl groups is 1. The number of amides is 2. The zero-order valence-corrected chi connectivity index (χ0v) is 21.2. The lowest BCUT2D eigenvalue weighted by molar-refractivity contribution is -0.161. The Balaban J connectivity index is 1.69. The Labute approximate surface area is 215 Å². The summed E-state index contributed by atoms with van der Waals surface area (Å²) in [7, 11) is 0. The number of esters is 1. The third-order valence-corrected chi connectivity index (χ3v) is 8.31. The van der Waals surface area contributed by atoms with Gasteiger partial charge in [-0.1, -0.05) is 49.8 Å². The quantitative estimate of drug-likeness (QED) is 0.479. The van der Waals surface area contributed by atoms with Gasteiger partial charge in [0.15, 0.2) is 0 Å². The highest BCUT2D eigenvalue weighted by Crippen LogP contribution is 2.58. The first-order chi connectivity index (χ1) is 17.3. The summed E-state index contributed by atoms with van der Waals surface area (Å²) in [5.41, 5.74) is -1.83. The number of ether oxygens (including phenoxy) is 2. The van der Waals surface area contributed by atoms with E-state index in [2.05, 4.69) is 0 Å². The normalized spacial score (nSPS) is 34.4. The predicted molar refractivity (Wildman–Crippen MR) is 133 cm³/mol. The molecule has 36 heavy (non-hydrogen) atoms. The number of carbonyl (C=O) groups is 3. The second kappa shape index (κ2) is 9.32. The van der Waals surface area contributed by atoms with Crippen molar-refractivity contribution in [3.8, 4) is 0 Å². The van der Waals surface area contributed by atoms with Gasteiger partial charge in [-0.25, -0.2) is 0 Å². The number of anilines is 1. The van der Waals surface area contributed by atoms with Crippen LogP contribution in [0, 0.1) is 11.8 Å². The summed E-state index contributed by atoms with van der Waals surface area (Å²) in [5.74, 6) is -3.06. The topological polar surface area (TPSA) is 96.4 Å². The summed E-state index contributed by atoms with van der Waals surface area (Å²) in [4.78, 5) is 44.9. The van der Waals surface area contributed by atoms with Crippen LogP contribution in [0.25, 0.3) is 0 Å². The van der Waals surface area contributed by atoms with Crippen molar-refractivity contribution in [2.45, 2.75) is 56.4 Å². The van der Waals surface area contributed by atoms with E-state index in [0.29, 0.717) is 30.0 Å². The molecule has 192 valence electrons. The van der Waals surface area contributed by atoms with E-state index in [1.165, 1.54) is 4.90 Å². The lowest BCUT2D eigenvalue weighted by Gasteiger charge is -2.40. The fourth-order valence-electron chi connectivity index (χ4n) is 6.33. The standard InChI is InChI=1S/C27H31ClN2O6/c1-3-18(16-31)30-22-24(33)29(19-10-8-17(28)9-11-19)14-7-13-27(22)20(23(30)32)21-25(34)35-15-6-5-12-26(21,4-2)36-27/h5,7-13,18,20-22,31H,3-4,6,14-16H2,1-2H3/t18-,20-,21-,22?,26+,27-/m0/s1. The summed E-state index contributed by atoms with van der Waals surface area (Å²) < 4.78 is 12.4. The molecule has 1 aromatic carbocycles. The highest BCUT2D eigenvalue weighted by molar-refractivity contribution is 6.30. The van der Waals surface area contributed by atoms with Crippen molar-refractivity contribution in [1.82, 2.24) is 4.90 Å². The zero-order valence-electron chi connectivity index (χ0n) is 20.4. The van der Waals surface area contributed by atoms with E-state index in [9.17, 15) is 19.5 Å². The number of benzene rings is 1. The SMILES string of the molecule is CC[C@@H](CO)N1C(=O)[C@@H]2[C@H]3C(=O)OCCC=C[C@@]3(CC)O[C@@]23C=CCN(c2ccc(Cl)cc2)C(=O)C13. The minimum absolute atomic E-state index is 0.222. The summed E-state index contributed by atoms with van der Waals surface area (Å²) in [6.45, 7) is 3.93. The first kappa shape index (κ1) is 25.0. The van der Waals surface area contributed by atoms with E-state index in [1.807, 2.05) is 32.1 Å². The molecule has 9 heteroatoms. The molecule has 1 spiro atoms. The number of carbonyl (C=O) groups excluding carboxylic acids is 3. The van der Waals surface area contributed by atoms with Crippen LogP contribution in [-0.2, 0) is 23.9 Å². The molecule has 0 saturated carbocycles. The zero-order chi connectivity index (χ0) is 25.7. The van der Waals surface area contributed by atoms with Crippen LogP contribution in [0.5, 0.6) is 0 Å². The minimum atomic E-state index is -1.38. The number of hydrogen-bond donors (Lipinski definition) is 1. The average molecular weight is 515 g/mol. The van der Waals surface area contributed by atoms with Gasteiger partial charge in [-0.2, -0.15) is 0 Å². The molecule has 4 aliphatic heterocycles. The van der Waals surface area contributed by atoms with Crippen molar-refractivity contribution in [3.63, 3.8) is 0 Å². The number of fused-ring (bicyclic) bond motifs is 2. The van der Waals surface area contributed by atoms with Crippen molar-refractivity contribution in [2.75, 3.05) is 24.7 Å². The van der Waals surface area contributed by atoms with Gasteiger partial charge in [0.2, 0.25) is 5.91 Å². The monoisotopic (exact) mass is 514 g/mol. The van der Waals surface area contributed by atoms with Crippen molar-refractivity contribution in [2.24, 2.45) is 11.8 Å². The van der Waals surface area contributed by atoms with Crippen LogP contribution in [0.2, 0.25) is 5.02 Å². The molecule has 5 rings (SSSR count). The minimum Gasteiger partial charge on any atom is -0.465 e. The molecular formula is C27H31ClN2O6. The Hall–Kier alpha value is -2.68. The fourth-order valence-corrected chi connectivity index (χ4v) is 6.45. The summed E-state index contributed by atoms with van der Waals surface area (Å²) in [5, 5.41) is 10.7. The van der Waals surface area contributed by atoms with Crippen LogP contribution in [0.4, 0.5) is 5.69 Å². The molecule has 2 amide bonds. The highest BCUT2D eigenvalue weighted by atomic mass is 35.5. The number of rotatable bonds is 5. The molecule has 2 fully saturated rings. The molecule has 1 N–H and O–H groups in total. The van der Waals surface area contributed by atoms with Crippen molar-refractivity contribution >= 4 is 35.1 Å². The number of nitrogens with zero attached hydrogens (tertiary/aromatic N) is 2. The third kappa shape index (κ3) is 3.53. The van der Waals surface area contributed by atoms with Gasteiger partial charge in [0.25, 0.3) is 5.91 Å². The first-order valence-electron chi connectivity index (χ1n) is 12.6. The van der Waals surface area contributed by atoms with Crippen molar-refractivity contribution in [1.29, 1.82) is 0 Å². The van der Waals surface area contributed by atoms with E-state index in [1.54, 1.807) is 35.2 Å². The highest BCUT2D eigenvalue weighted by Gasteiger charge is 2.75. The Morgan fingerprint density at radius 3 is 2.50 bits per heavy atom. The lowest BCUT2D eigenvalue weighted by Crippen LogP contribution is -2.59. The Bertz CT molecular complexity index is 1120. The Morgan fingerprint density at radius 1 is 1.08 bits per heavy atom. The number of likely N-dealkylation sites (tertiary alicyclic amines) is 1. The lowest BCUT2D eigenvalue weighted by atomic mass is 9.73. The molecule has 0 aromatic heterocycles. The van der Waals surface area contributed by atoms with Gasteiger partial charge in [-0.15, -0.1) is 0 Å². The second-order valence-electron chi connectivity index (χ2n) is 9.80. The molecule has 1 unspecified atom stereocenters. The van der Waals surface area contributed by atoms with Crippen molar-refractivity contribution in [3.05, 3.63) is 53.6 Å². The maximum absolute atomic E-state index is 14.3. The predicted octanol–water partition coefficient (Wildman–Crippen LogP) is 2.88. The summed E-state index contributed by atoms with van der Waals surface area (Å²) >= 11 is 6.07. The molecule has 0 aliphatic carbocycles. The maximum Gasteiger partial charge on any atom is 0.313 e. The van der Waals surface area contributed by atoms with Crippen molar-refractivity contribution < 1.29 is 29.0 Å². The Kier molecular flexibility index (Phi) is 6.47. The number of hydrogen-bond acceptors (Lipinski definition) is 6. The summed E-state index contributed by atoms with van der Waals surface area (Å²) in [6.07, 6.45) is 8.84. The molecule has 2 saturated heterocycles. The van der Waals surface area contributed by atoms with E-state index < -0.39 is 41.1 Å².